The number of anilines is 1. The molecule has 0 radical (unpaired) electrons. The number of para-hydroxylation sites is 4. The summed E-state index contributed by atoms with van der Waals surface area (Å²) < 4.78 is 3.13. The minimum atomic E-state index is -0.216. The summed E-state index contributed by atoms with van der Waals surface area (Å²) in [7, 11) is 0. The van der Waals surface area contributed by atoms with Gasteiger partial charge in [0.05, 0.1) is 34.9 Å². The zero-order chi connectivity index (χ0) is 24.5. The van der Waals surface area contributed by atoms with E-state index in [2.05, 4.69) is 25.6 Å². The Bertz CT molecular complexity index is 1730. The Labute approximate surface area is 205 Å². The highest BCUT2D eigenvalue weighted by atomic mass is 16.2. The topological polar surface area (TPSA) is 110 Å². The third-order valence-corrected chi connectivity index (χ3v) is 5.92. The molecule has 9 nitrogen and oxygen atoms in total. The van der Waals surface area contributed by atoms with Gasteiger partial charge in [-0.2, -0.15) is 0 Å². The first-order valence-electron chi connectivity index (χ1n) is 11.5. The summed E-state index contributed by atoms with van der Waals surface area (Å²) in [6.07, 6.45) is 1.68. The first-order valence-corrected chi connectivity index (χ1v) is 11.5. The lowest BCUT2D eigenvalue weighted by Crippen LogP contribution is -2.23. The lowest BCUT2D eigenvalue weighted by Gasteiger charge is -2.11. The summed E-state index contributed by atoms with van der Waals surface area (Å²) in [5.41, 5.74) is 3.99. The summed E-state index contributed by atoms with van der Waals surface area (Å²) in [5.74, 6) is 0.300. The van der Waals surface area contributed by atoms with E-state index in [0.29, 0.717) is 22.8 Å². The predicted octanol–water partition coefficient (Wildman–Crippen LogP) is 3.82. The number of hydrogen-bond acceptors (Lipinski definition) is 5. The average Bonchev–Trinajstić information content (AvgIpc) is 3.52. The summed E-state index contributed by atoms with van der Waals surface area (Å²) in [6.45, 7) is 0.213. The van der Waals surface area contributed by atoms with Gasteiger partial charge in [0.1, 0.15) is 18.1 Å². The van der Waals surface area contributed by atoms with Gasteiger partial charge in [0, 0.05) is 5.69 Å². The molecule has 9 heteroatoms. The lowest BCUT2D eigenvalue weighted by atomic mass is 10.1. The van der Waals surface area contributed by atoms with Gasteiger partial charge in [-0.25, -0.2) is 9.67 Å². The van der Waals surface area contributed by atoms with Crippen LogP contribution in [0.15, 0.2) is 95.9 Å². The van der Waals surface area contributed by atoms with Gasteiger partial charge in [-0.05, 0) is 41.8 Å². The summed E-state index contributed by atoms with van der Waals surface area (Å²) >= 11 is 0. The standard InChI is InChI=1S/C27H21N7O2/c35-25(28-19-9-2-1-3-10-19)17-33-15-20(31-32-33)16-34-24-13-7-4-8-18(24)14-21(27(34)36)26-29-22-11-5-6-12-23(22)30-26/h1-15H,16-17H2,(H,28,35)(H,29,30). The van der Waals surface area contributed by atoms with Gasteiger partial charge in [-0.1, -0.05) is 53.7 Å². The molecule has 0 aliphatic carbocycles. The van der Waals surface area contributed by atoms with Crippen molar-refractivity contribution < 1.29 is 4.79 Å². The Balaban J connectivity index is 1.32. The SMILES string of the molecule is O=C(Cn1cc(Cn2c(=O)c(-c3nc4ccccc4[nH]3)cc3ccccc32)nn1)Nc1ccccc1. The van der Waals surface area contributed by atoms with Crippen LogP contribution in [0.5, 0.6) is 0 Å². The number of nitrogens with one attached hydrogen (secondary N) is 2. The zero-order valence-electron chi connectivity index (χ0n) is 19.1. The maximum absolute atomic E-state index is 13.6. The van der Waals surface area contributed by atoms with Crippen LogP contribution in [0.25, 0.3) is 33.3 Å². The van der Waals surface area contributed by atoms with Crippen LogP contribution in [0.2, 0.25) is 0 Å². The second-order valence-corrected chi connectivity index (χ2v) is 8.43. The van der Waals surface area contributed by atoms with Crippen molar-refractivity contribution in [3.63, 3.8) is 0 Å². The number of aromatic amines is 1. The Morgan fingerprint density at radius 1 is 0.944 bits per heavy atom. The molecule has 0 atom stereocenters. The van der Waals surface area contributed by atoms with Gasteiger partial charge in [0.15, 0.2) is 0 Å². The number of benzene rings is 3. The van der Waals surface area contributed by atoms with E-state index in [4.69, 9.17) is 0 Å². The van der Waals surface area contributed by atoms with Crippen molar-refractivity contribution in [2.75, 3.05) is 5.32 Å². The van der Waals surface area contributed by atoms with Crippen molar-refractivity contribution in [3.05, 3.63) is 107 Å². The highest BCUT2D eigenvalue weighted by Gasteiger charge is 2.16. The smallest absolute Gasteiger partial charge is 0.262 e. The van der Waals surface area contributed by atoms with Crippen LogP contribution in [-0.4, -0.2) is 35.4 Å². The van der Waals surface area contributed by atoms with E-state index in [-0.39, 0.29) is 24.6 Å². The molecule has 3 aromatic heterocycles. The second-order valence-electron chi connectivity index (χ2n) is 8.43. The Morgan fingerprint density at radius 2 is 1.72 bits per heavy atom. The minimum absolute atomic E-state index is 0.0105. The van der Waals surface area contributed by atoms with E-state index < -0.39 is 0 Å². The number of H-pyrrole nitrogens is 1. The van der Waals surface area contributed by atoms with Crippen LogP contribution in [0.1, 0.15) is 5.69 Å². The van der Waals surface area contributed by atoms with Crippen LogP contribution in [0.3, 0.4) is 0 Å². The van der Waals surface area contributed by atoms with E-state index >= 15 is 0 Å². The van der Waals surface area contributed by atoms with Crippen LogP contribution < -0.4 is 10.9 Å². The van der Waals surface area contributed by atoms with Gasteiger partial charge in [0.2, 0.25) is 5.91 Å². The fraction of sp³-hybridized carbons (Fsp3) is 0.0741. The molecule has 0 aliphatic heterocycles. The number of aromatic nitrogens is 6. The van der Waals surface area contributed by atoms with Crippen LogP contribution >= 0.6 is 0 Å². The average molecular weight is 476 g/mol. The molecule has 6 rings (SSSR count). The number of rotatable bonds is 6. The number of carbonyl (C=O) groups excluding carboxylic acids is 1. The molecule has 0 spiro atoms. The summed E-state index contributed by atoms with van der Waals surface area (Å²) in [4.78, 5) is 33.9. The van der Waals surface area contributed by atoms with E-state index in [1.54, 1.807) is 10.8 Å². The third kappa shape index (κ3) is 4.14. The van der Waals surface area contributed by atoms with Gasteiger partial charge >= 0.3 is 0 Å². The molecule has 3 heterocycles. The number of carbonyl (C=O) groups is 1. The fourth-order valence-corrected chi connectivity index (χ4v) is 4.25. The molecular formula is C27H21N7O2. The zero-order valence-corrected chi connectivity index (χ0v) is 19.1. The summed E-state index contributed by atoms with van der Waals surface area (Å²) in [6, 6.07) is 26.4. The number of nitrogens with zero attached hydrogens (tertiary/aromatic N) is 5. The molecule has 0 bridgehead atoms. The van der Waals surface area contributed by atoms with E-state index in [1.807, 2.05) is 84.9 Å². The van der Waals surface area contributed by atoms with E-state index in [0.717, 1.165) is 21.9 Å². The number of fused-ring (bicyclic) bond motifs is 2. The minimum Gasteiger partial charge on any atom is -0.338 e. The Kier molecular flexibility index (Phi) is 5.34. The van der Waals surface area contributed by atoms with Crippen molar-refractivity contribution in [1.82, 2.24) is 29.5 Å². The predicted molar refractivity (Wildman–Crippen MR) is 137 cm³/mol. The molecule has 0 saturated carbocycles. The van der Waals surface area contributed by atoms with Gasteiger partial charge in [0.25, 0.3) is 5.56 Å². The van der Waals surface area contributed by atoms with Crippen LogP contribution in [0, 0.1) is 0 Å². The highest BCUT2D eigenvalue weighted by Crippen LogP contribution is 2.22. The maximum Gasteiger partial charge on any atom is 0.262 e. The van der Waals surface area contributed by atoms with E-state index in [1.165, 1.54) is 4.68 Å². The quantitative estimate of drug-likeness (QED) is 0.381. The number of hydrogen-bond donors (Lipinski definition) is 2. The third-order valence-electron chi connectivity index (χ3n) is 5.92. The monoisotopic (exact) mass is 475 g/mol. The Hall–Kier alpha value is -5.05. The largest absolute Gasteiger partial charge is 0.338 e. The number of imidazole rings is 1. The van der Waals surface area contributed by atoms with Gasteiger partial charge in [-0.15, -0.1) is 5.10 Å². The molecule has 176 valence electrons. The molecule has 3 aromatic carbocycles. The molecule has 2 N–H and O–H groups in total. The van der Waals surface area contributed by atoms with Crippen LogP contribution in [-0.2, 0) is 17.9 Å². The molecule has 0 saturated heterocycles. The normalized spacial score (nSPS) is 11.2. The fourth-order valence-electron chi connectivity index (χ4n) is 4.25. The van der Waals surface area contributed by atoms with Crippen molar-refractivity contribution in [2.24, 2.45) is 0 Å². The molecule has 1 amide bonds. The lowest BCUT2D eigenvalue weighted by molar-refractivity contribution is -0.116. The first kappa shape index (κ1) is 21.5. The molecule has 0 aliphatic rings. The highest BCUT2D eigenvalue weighted by molar-refractivity contribution is 5.90. The second kappa shape index (κ2) is 8.95. The molecule has 0 unspecified atom stereocenters. The molecular weight excluding hydrogens is 454 g/mol. The molecule has 36 heavy (non-hydrogen) atoms. The van der Waals surface area contributed by atoms with Crippen molar-refractivity contribution in [3.8, 4) is 11.4 Å². The maximum atomic E-state index is 13.6. The van der Waals surface area contributed by atoms with E-state index in [9.17, 15) is 9.59 Å². The van der Waals surface area contributed by atoms with Crippen molar-refractivity contribution in [2.45, 2.75) is 13.1 Å². The van der Waals surface area contributed by atoms with Gasteiger partial charge in [-0.3, -0.25) is 9.59 Å². The number of pyridine rings is 1. The van der Waals surface area contributed by atoms with Gasteiger partial charge < -0.3 is 14.9 Å². The first-order chi connectivity index (χ1) is 17.6. The van der Waals surface area contributed by atoms with Crippen molar-refractivity contribution in [1.29, 1.82) is 0 Å². The summed E-state index contributed by atoms with van der Waals surface area (Å²) in [5, 5.41) is 12.0. The molecule has 0 fully saturated rings. The molecule has 6 aromatic rings. The Morgan fingerprint density at radius 3 is 2.58 bits per heavy atom. The number of amides is 1. The van der Waals surface area contributed by atoms with Crippen molar-refractivity contribution >= 4 is 33.5 Å². The van der Waals surface area contributed by atoms with Crippen LogP contribution in [0.4, 0.5) is 5.69 Å².